The van der Waals surface area contributed by atoms with Gasteiger partial charge in [0.15, 0.2) is 11.4 Å². The Hall–Kier alpha value is -3.62. The van der Waals surface area contributed by atoms with Gasteiger partial charge in [0, 0.05) is 44.1 Å². The number of carbonyl (C=O) groups is 1. The van der Waals surface area contributed by atoms with Gasteiger partial charge in [-0.05, 0) is 43.9 Å². The van der Waals surface area contributed by atoms with E-state index in [2.05, 4.69) is 23.0 Å². The zero-order valence-corrected chi connectivity index (χ0v) is 19.3. The standard InChI is InChI=1S/C24H27N5O4/c1-5-14-8-9-17-16(11-14)13(2)19(33-17)23(31)29-10-6-7-15(12-29)20-25-18-21(26-20)27(3)24(32)28(4)22(18)30/h8-9,11,15H,5-7,10,12H2,1-4H3,(H,25,26). The summed E-state index contributed by atoms with van der Waals surface area (Å²) < 4.78 is 8.39. The molecule has 0 saturated carbocycles. The molecular weight excluding hydrogens is 422 g/mol. The number of nitrogens with one attached hydrogen (secondary N) is 1. The summed E-state index contributed by atoms with van der Waals surface area (Å²) in [5, 5.41) is 0.973. The Morgan fingerprint density at radius 2 is 2.03 bits per heavy atom. The van der Waals surface area contributed by atoms with E-state index in [1.807, 2.05) is 19.1 Å². The van der Waals surface area contributed by atoms with E-state index >= 15 is 0 Å². The normalized spacial score (nSPS) is 16.7. The minimum Gasteiger partial charge on any atom is -0.451 e. The van der Waals surface area contributed by atoms with Crippen LogP contribution >= 0.6 is 0 Å². The molecule has 1 aliphatic heterocycles. The molecule has 1 unspecified atom stereocenters. The third kappa shape index (κ3) is 3.30. The zero-order chi connectivity index (χ0) is 23.4. The van der Waals surface area contributed by atoms with Crippen molar-refractivity contribution in [2.45, 2.75) is 39.0 Å². The second kappa shape index (κ2) is 7.75. The molecule has 1 saturated heterocycles. The van der Waals surface area contributed by atoms with Crippen molar-refractivity contribution in [2.24, 2.45) is 14.1 Å². The van der Waals surface area contributed by atoms with E-state index in [0.717, 1.165) is 40.4 Å². The molecule has 172 valence electrons. The van der Waals surface area contributed by atoms with Crippen LogP contribution in [0.25, 0.3) is 22.1 Å². The number of hydrogen-bond acceptors (Lipinski definition) is 5. The number of furan rings is 1. The molecule has 4 heterocycles. The van der Waals surface area contributed by atoms with Crippen molar-refractivity contribution in [2.75, 3.05) is 13.1 Å². The molecular formula is C24H27N5O4. The third-order valence-electron chi connectivity index (χ3n) is 6.81. The van der Waals surface area contributed by atoms with E-state index in [1.54, 1.807) is 11.9 Å². The zero-order valence-electron chi connectivity index (χ0n) is 19.3. The first-order valence-corrected chi connectivity index (χ1v) is 11.3. The lowest BCUT2D eigenvalue weighted by Crippen LogP contribution is -2.39. The summed E-state index contributed by atoms with van der Waals surface area (Å²) in [6.07, 6.45) is 2.56. The number of fused-ring (bicyclic) bond motifs is 2. The number of amides is 1. The quantitative estimate of drug-likeness (QED) is 0.518. The van der Waals surface area contributed by atoms with E-state index in [0.29, 0.717) is 35.8 Å². The number of carbonyl (C=O) groups excluding carboxylic acids is 1. The molecule has 3 aromatic heterocycles. The molecule has 0 spiro atoms. The predicted octanol–water partition coefficient (Wildman–Crippen LogP) is 2.60. The number of imidazole rings is 1. The minimum absolute atomic E-state index is 0.0636. The van der Waals surface area contributed by atoms with Crippen LogP contribution in [0, 0.1) is 6.92 Å². The molecule has 1 amide bonds. The van der Waals surface area contributed by atoms with Crippen molar-refractivity contribution in [3.05, 3.63) is 61.7 Å². The van der Waals surface area contributed by atoms with Crippen molar-refractivity contribution >= 4 is 28.0 Å². The van der Waals surface area contributed by atoms with Gasteiger partial charge in [0.05, 0.1) is 0 Å². The van der Waals surface area contributed by atoms with Crippen LogP contribution in [0.15, 0.2) is 32.2 Å². The highest BCUT2D eigenvalue weighted by atomic mass is 16.3. The van der Waals surface area contributed by atoms with Crippen LogP contribution in [0.5, 0.6) is 0 Å². The number of rotatable bonds is 3. The molecule has 4 aromatic rings. The van der Waals surface area contributed by atoms with Crippen LogP contribution in [0.3, 0.4) is 0 Å². The largest absolute Gasteiger partial charge is 0.451 e. The summed E-state index contributed by atoms with van der Waals surface area (Å²) in [5.41, 5.74) is 2.59. The van der Waals surface area contributed by atoms with Crippen molar-refractivity contribution < 1.29 is 9.21 Å². The van der Waals surface area contributed by atoms with Gasteiger partial charge in [-0.15, -0.1) is 0 Å². The molecule has 1 N–H and O–H groups in total. The second-order valence-corrected chi connectivity index (χ2v) is 8.86. The van der Waals surface area contributed by atoms with Crippen LogP contribution in [0.2, 0.25) is 0 Å². The molecule has 33 heavy (non-hydrogen) atoms. The molecule has 1 atom stereocenters. The highest BCUT2D eigenvalue weighted by Crippen LogP contribution is 2.31. The number of benzene rings is 1. The summed E-state index contributed by atoms with van der Waals surface area (Å²) in [5.74, 6) is 0.798. The lowest BCUT2D eigenvalue weighted by molar-refractivity contribution is 0.0674. The molecule has 0 bridgehead atoms. The predicted molar refractivity (Wildman–Crippen MR) is 125 cm³/mol. The topological polar surface area (TPSA) is 106 Å². The number of piperidine rings is 1. The number of aromatic nitrogens is 4. The Morgan fingerprint density at radius 3 is 2.79 bits per heavy atom. The van der Waals surface area contributed by atoms with E-state index in [1.165, 1.54) is 17.2 Å². The van der Waals surface area contributed by atoms with Crippen molar-refractivity contribution in [3.63, 3.8) is 0 Å². The number of nitrogens with zero attached hydrogens (tertiary/aromatic N) is 4. The van der Waals surface area contributed by atoms with E-state index in [9.17, 15) is 14.4 Å². The molecule has 1 fully saturated rings. The first-order valence-electron chi connectivity index (χ1n) is 11.3. The smallest absolute Gasteiger partial charge is 0.332 e. The van der Waals surface area contributed by atoms with Crippen LogP contribution in [0.4, 0.5) is 0 Å². The van der Waals surface area contributed by atoms with Gasteiger partial charge in [0.1, 0.15) is 16.9 Å². The molecule has 1 aromatic carbocycles. The summed E-state index contributed by atoms with van der Waals surface area (Å²) in [6.45, 7) is 5.12. The van der Waals surface area contributed by atoms with Gasteiger partial charge in [0.2, 0.25) is 0 Å². The Kier molecular flexibility index (Phi) is 4.99. The molecule has 0 aliphatic carbocycles. The maximum atomic E-state index is 13.4. The summed E-state index contributed by atoms with van der Waals surface area (Å²) in [7, 11) is 3.05. The lowest BCUT2D eigenvalue weighted by Gasteiger charge is -2.31. The minimum atomic E-state index is -0.419. The second-order valence-electron chi connectivity index (χ2n) is 8.86. The molecule has 9 heteroatoms. The van der Waals surface area contributed by atoms with Gasteiger partial charge in [-0.3, -0.25) is 18.7 Å². The summed E-state index contributed by atoms with van der Waals surface area (Å²) in [6, 6.07) is 6.04. The fourth-order valence-corrected chi connectivity index (χ4v) is 4.76. The fraction of sp³-hybridized carbons (Fsp3) is 0.417. The highest BCUT2D eigenvalue weighted by Gasteiger charge is 2.31. The molecule has 1 aliphatic rings. The van der Waals surface area contributed by atoms with Gasteiger partial charge < -0.3 is 14.3 Å². The van der Waals surface area contributed by atoms with Gasteiger partial charge >= 0.3 is 5.69 Å². The summed E-state index contributed by atoms with van der Waals surface area (Å²) >= 11 is 0. The number of hydrogen-bond donors (Lipinski definition) is 1. The Bertz CT molecular complexity index is 1520. The first kappa shape index (κ1) is 21.2. The van der Waals surface area contributed by atoms with E-state index in [4.69, 9.17) is 4.42 Å². The Morgan fingerprint density at radius 1 is 1.24 bits per heavy atom. The third-order valence-corrected chi connectivity index (χ3v) is 6.81. The van der Waals surface area contributed by atoms with Crippen LogP contribution in [0.1, 0.15) is 53.2 Å². The number of aryl methyl sites for hydroxylation is 3. The van der Waals surface area contributed by atoms with Gasteiger partial charge in [-0.2, -0.15) is 0 Å². The van der Waals surface area contributed by atoms with Crippen molar-refractivity contribution in [1.82, 2.24) is 24.0 Å². The van der Waals surface area contributed by atoms with Gasteiger partial charge in [0.25, 0.3) is 11.5 Å². The van der Waals surface area contributed by atoms with Gasteiger partial charge in [-0.1, -0.05) is 13.0 Å². The highest BCUT2D eigenvalue weighted by molar-refractivity contribution is 5.99. The van der Waals surface area contributed by atoms with E-state index < -0.39 is 11.2 Å². The summed E-state index contributed by atoms with van der Waals surface area (Å²) in [4.78, 5) is 47.6. The van der Waals surface area contributed by atoms with Gasteiger partial charge in [-0.25, -0.2) is 9.78 Å². The molecule has 5 rings (SSSR count). The number of H-pyrrole nitrogens is 1. The molecule has 0 radical (unpaired) electrons. The number of aromatic amines is 1. The molecule has 9 nitrogen and oxygen atoms in total. The van der Waals surface area contributed by atoms with E-state index in [-0.39, 0.29) is 11.8 Å². The maximum absolute atomic E-state index is 13.4. The van der Waals surface area contributed by atoms with Crippen molar-refractivity contribution in [1.29, 1.82) is 0 Å². The average molecular weight is 450 g/mol. The SMILES string of the molecule is CCc1ccc2oc(C(=O)N3CCCC(c4nc5c([nH]4)c(=O)n(C)c(=O)n5C)C3)c(C)c2c1. The fourth-order valence-electron chi connectivity index (χ4n) is 4.76. The van der Waals surface area contributed by atoms with Crippen molar-refractivity contribution in [3.8, 4) is 0 Å². The van der Waals surface area contributed by atoms with Crippen LogP contribution in [-0.2, 0) is 20.5 Å². The Balaban J connectivity index is 1.46. The number of likely N-dealkylation sites (tertiary alicyclic amines) is 1. The van der Waals surface area contributed by atoms with Crippen LogP contribution in [-0.4, -0.2) is 43.0 Å². The average Bonchev–Trinajstić information content (AvgIpc) is 3.43. The lowest BCUT2D eigenvalue weighted by atomic mass is 9.97. The first-order chi connectivity index (χ1) is 15.8. The monoisotopic (exact) mass is 449 g/mol. The Labute approximate surface area is 189 Å². The maximum Gasteiger partial charge on any atom is 0.332 e. The van der Waals surface area contributed by atoms with Crippen LogP contribution < -0.4 is 11.2 Å².